The Balaban J connectivity index is 1.66. The molecule has 0 heterocycles. The summed E-state index contributed by atoms with van der Waals surface area (Å²) in [7, 11) is 3.13. The molecule has 0 aliphatic heterocycles. The summed E-state index contributed by atoms with van der Waals surface area (Å²) in [5, 5.41) is 3.26. The summed E-state index contributed by atoms with van der Waals surface area (Å²) in [6.07, 6.45) is 0.556. The lowest BCUT2D eigenvalue weighted by molar-refractivity contribution is -0.142. The van der Waals surface area contributed by atoms with Crippen molar-refractivity contribution in [2.45, 2.75) is 25.9 Å². The first-order valence-electron chi connectivity index (χ1n) is 11.7. The zero-order valence-corrected chi connectivity index (χ0v) is 21.8. The summed E-state index contributed by atoms with van der Waals surface area (Å²) >= 11 is 6.12. The third-order valence-electron chi connectivity index (χ3n) is 5.78. The van der Waals surface area contributed by atoms with Crippen molar-refractivity contribution in [2.75, 3.05) is 27.4 Å². The normalized spacial score (nSPS) is 11.4. The molecule has 0 fully saturated rings. The minimum Gasteiger partial charge on any atom is -0.493 e. The van der Waals surface area contributed by atoms with Crippen molar-refractivity contribution in [1.29, 1.82) is 0 Å². The molecule has 1 atom stereocenters. The van der Waals surface area contributed by atoms with Gasteiger partial charge in [-0.25, -0.2) is 4.39 Å². The Bertz CT molecular complexity index is 1210. The molecule has 1 unspecified atom stereocenters. The van der Waals surface area contributed by atoms with Crippen molar-refractivity contribution in [3.05, 3.63) is 88.7 Å². The number of carbonyl (C=O) groups excluding carboxylic acids is 2. The highest BCUT2D eigenvalue weighted by atomic mass is 35.5. The molecular formula is C28H30ClFN2O5. The average molecular weight is 529 g/mol. The molecule has 0 aliphatic carbocycles. The molecule has 37 heavy (non-hydrogen) atoms. The van der Waals surface area contributed by atoms with Gasteiger partial charge in [0.2, 0.25) is 5.91 Å². The van der Waals surface area contributed by atoms with E-state index in [1.165, 1.54) is 17.0 Å². The number of halogens is 2. The van der Waals surface area contributed by atoms with Gasteiger partial charge in [0, 0.05) is 13.1 Å². The van der Waals surface area contributed by atoms with Crippen LogP contribution in [0.2, 0.25) is 5.02 Å². The van der Waals surface area contributed by atoms with E-state index in [4.69, 9.17) is 25.8 Å². The number of carbonyl (C=O) groups is 2. The lowest BCUT2D eigenvalue weighted by Gasteiger charge is -2.29. The highest BCUT2D eigenvalue weighted by Crippen LogP contribution is 2.27. The monoisotopic (exact) mass is 528 g/mol. The van der Waals surface area contributed by atoms with E-state index < -0.39 is 11.9 Å². The SMILES string of the molecule is COc1ccc(CCNC(=O)C(C)N(Cc2ccc(F)cc2)C(=O)COc2ccccc2Cl)cc1OC. The van der Waals surface area contributed by atoms with Crippen molar-refractivity contribution in [3.63, 3.8) is 0 Å². The van der Waals surface area contributed by atoms with Crippen LogP contribution >= 0.6 is 11.6 Å². The third kappa shape index (κ3) is 7.85. The first-order chi connectivity index (χ1) is 17.8. The zero-order chi connectivity index (χ0) is 26.8. The fraction of sp³-hybridized carbons (Fsp3) is 0.286. The summed E-state index contributed by atoms with van der Waals surface area (Å²) in [5.41, 5.74) is 1.63. The van der Waals surface area contributed by atoms with Gasteiger partial charge in [0.25, 0.3) is 5.91 Å². The molecule has 3 rings (SSSR count). The van der Waals surface area contributed by atoms with E-state index in [-0.39, 0.29) is 24.9 Å². The quantitative estimate of drug-likeness (QED) is 0.370. The van der Waals surface area contributed by atoms with Gasteiger partial charge in [-0.05, 0) is 60.9 Å². The number of hydrogen-bond acceptors (Lipinski definition) is 5. The molecule has 0 bridgehead atoms. The Morgan fingerprint density at radius 2 is 1.62 bits per heavy atom. The predicted octanol–water partition coefficient (Wildman–Crippen LogP) is 4.65. The van der Waals surface area contributed by atoms with E-state index in [2.05, 4.69) is 5.32 Å². The number of methoxy groups -OCH3 is 2. The second-order valence-corrected chi connectivity index (χ2v) is 8.68. The molecule has 9 heteroatoms. The average Bonchev–Trinajstić information content (AvgIpc) is 2.91. The summed E-state index contributed by atoms with van der Waals surface area (Å²) < 4.78 is 29.6. The van der Waals surface area contributed by atoms with Crippen LogP contribution in [-0.2, 0) is 22.6 Å². The van der Waals surface area contributed by atoms with Crippen LogP contribution in [0.5, 0.6) is 17.2 Å². The van der Waals surface area contributed by atoms with Crippen LogP contribution in [0.3, 0.4) is 0 Å². The fourth-order valence-corrected chi connectivity index (χ4v) is 3.86. The first kappa shape index (κ1) is 27.8. The largest absolute Gasteiger partial charge is 0.493 e. The number of hydrogen-bond donors (Lipinski definition) is 1. The second-order valence-electron chi connectivity index (χ2n) is 8.27. The predicted molar refractivity (Wildman–Crippen MR) is 140 cm³/mol. The standard InChI is InChI=1S/C28H30ClFN2O5/c1-19(28(34)31-15-14-20-10-13-25(35-2)26(16-20)36-3)32(17-21-8-11-22(30)12-9-21)27(33)18-37-24-7-5-4-6-23(24)29/h4-13,16,19H,14-15,17-18H2,1-3H3,(H,31,34). The van der Waals surface area contributed by atoms with Crippen LogP contribution in [0.4, 0.5) is 4.39 Å². The minimum absolute atomic E-state index is 0.106. The summed E-state index contributed by atoms with van der Waals surface area (Å²) in [4.78, 5) is 27.6. The maximum Gasteiger partial charge on any atom is 0.261 e. The molecule has 3 aromatic carbocycles. The number of benzene rings is 3. The van der Waals surface area contributed by atoms with Gasteiger partial charge >= 0.3 is 0 Å². The van der Waals surface area contributed by atoms with E-state index in [1.807, 2.05) is 12.1 Å². The molecule has 1 N–H and O–H groups in total. The van der Waals surface area contributed by atoms with Crippen LogP contribution in [0, 0.1) is 5.82 Å². The van der Waals surface area contributed by atoms with Gasteiger partial charge in [0.05, 0.1) is 19.2 Å². The summed E-state index contributed by atoms with van der Waals surface area (Å²) in [6.45, 7) is 1.79. The van der Waals surface area contributed by atoms with Gasteiger partial charge in [-0.1, -0.05) is 41.9 Å². The fourth-order valence-electron chi connectivity index (χ4n) is 3.67. The van der Waals surface area contributed by atoms with Crippen LogP contribution in [-0.4, -0.2) is 50.1 Å². The van der Waals surface area contributed by atoms with Gasteiger partial charge in [-0.2, -0.15) is 0 Å². The first-order valence-corrected chi connectivity index (χ1v) is 12.1. The van der Waals surface area contributed by atoms with Crippen LogP contribution < -0.4 is 19.5 Å². The number of rotatable bonds is 12. The van der Waals surface area contributed by atoms with Gasteiger partial charge in [0.1, 0.15) is 17.6 Å². The maximum absolute atomic E-state index is 13.4. The number of para-hydroxylation sites is 1. The van der Waals surface area contributed by atoms with E-state index in [0.717, 1.165) is 5.56 Å². The topological polar surface area (TPSA) is 77.1 Å². The van der Waals surface area contributed by atoms with Crippen LogP contribution in [0.1, 0.15) is 18.1 Å². The molecule has 0 spiro atoms. The molecule has 7 nitrogen and oxygen atoms in total. The molecular weight excluding hydrogens is 499 g/mol. The Labute approximate surface area is 221 Å². The minimum atomic E-state index is -0.808. The van der Waals surface area contributed by atoms with E-state index in [1.54, 1.807) is 63.6 Å². The molecule has 0 aliphatic rings. The second kappa shape index (κ2) is 13.5. The molecule has 0 aromatic heterocycles. The smallest absolute Gasteiger partial charge is 0.261 e. The number of ether oxygens (including phenoxy) is 3. The highest BCUT2D eigenvalue weighted by Gasteiger charge is 2.26. The van der Waals surface area contributed by atoms with Crippen LogP contribution in [0.25, 0.3) is 0 Å². The molecule has 0 saturated heterocycles. The van der Waals surface area contributed by atoms with Crippen molar-refractivity contribution in [1.82, 2.24) is 10.2 Å². The summed E-state index contributed by atoms with van der Waals surface area (Å²) in [5.74, 6) is 0.475. The molecule has 196 valence electrons. The maximum atomic E-state index is 13.4. The van der Waals surface area contributed by atoms with Crippen molar-refractivity contribution < 1.29 is 28.2 Å². The third-order valence-corrected chi connectivity index (χ3v) is 6.09. The molecule has 0 saturated carbocycles. The van der Waals surface area contributed by atoms with Gasteiger partial charge in [-0.15, -0.1) is 0 Å². The number of amides is 2. The van der Waals surface area contributed by atoms with Gasteiger partial charge < -0.3 is 24.4 Å². The van der Waals surface area contributed by atoms with Gasteiger partial charge in [0.15, 0.2) is 18.1 Å². The van der Waals surface area contributed by atoms with Crippen molar-refractivity contribution in [3.8, 4) is 17.2 Å². The highest BCUT2D eigenvalue weighted by molar-refractivity contribution is 6.32. The van der Waals surface area contributed by atoms with Crippen molar-refractivity contribution in [2.24, 2.45) is 0 Å². The number of nitrogens with one attached hydrogen (secondary N) is 1. The van der Waals surface area contributed by atoms with E-state index in [0.29, 0.717) is 40.8 Å². The molecule has 0 radical (unpaired) electrons. The summed E-state index contributed by atoms with van der Waals surface area (Å²) in [6, 6.07) is 17.3. The molecule has 2 amide bonds. The van der Waals surface area contributed by atoms with Crippen molar-refractivity contribution >= 4 is 23.4 Å². The lowest BCUT2D eigenvalue weighted by atomic mass is 10.1. The zero-order valence-electron chi connectivity index (χ0n) is 21.0. The molecule has 3 aromatic rings. The van der Waals surface area contributed by atoms with E-state index >= 15 is 0 Å². The Kier molecular flexibility index (Phi) is 10.1. The lowest BCUT2D eigenvalue weighted by Crippen LogP contribution is -2.49. The van der Waals surface area contributed by atoms with Crippen LogP contribution in [0.15, 0.2) is 66.7 Å². The Hall–Kier alpha value is -3.78. The number of nitrogens with zero attached hydrogens (tertiary/aromatic N) is 1. The van der Waals surface area contributed by atoms with Gasteiger partial charge in [-0.3, -0.25) is 9.59 Å². The van der Waals surface area contributed by atoms with E-state index in [9.17, 15) is 14.0 Å². The Morgan fingerprint density at radius 3 is 2.30 bits per heavy atom. The Morgan fingerprint density at radius 1 is 0.946 bits per heavy atom.